The van der Waals surface area contributed by atoms with Gasteiger partial charge in [-0.3, -0.25) is 4.79 Å². The monoisotopic (exact) mass is 296 g/mol. The number of anilines is 1. The third kappa shape index (κ3) is 2.20. The molecule has 0 bridgehead atoms. The number of hydrogen-bond donors (Lipinski definition) is 1. The summed E-state index contributed by atoms with van der Waals surface area (Å²) in [5.41, 5.74) is -0.126. The Labute approximate surface area is 120 Å². The zero-order valence-electron chi connectivity index (χ0n) is 11.2. The fourth-order valence-corrected chi connectivity index (χ4v) is 4.02. The summed E-state index contributed by atoms with van der Waals surface area (Å²) in [5, 5.41) is 9.79. The number of carboxylic acids is 1. The molecule has 7 heteroatoms. The van der Waals surface area contributed by atoms with Gasteiger partial charge in [0.1, 0.15) is 4.88 Å². The summed E-state index contributed by atoms with van der Waals surface area (Å²) in [6.45, 7) is 2.70. The Morgan fingerprint density at radius 1 is 1.45 bits per heavy atom. The Kier molecular flexibility index (Phi) is 3.47. The van der Waals surface area contributed by atoms with Crippen molar-refractivity contribution in [3.63, 3.8) is 0 Å². The minimum Gasteiger partial charge on any atom is -0.476 e. The first-order valence-corrected chi connectivity index (χ1v) is 7.53. The van der Waals surface area contributed by atoms with Crippen molar-refractivity contribution in [1.82, 2.24) is 4.98 Å². The van der Waals surface area contributed by atoms with Crippen LogP contribution in [-0.2, 0) is 4.74 Å². The van der Waals surface area contributed by atoms with Crippen molar-refractivity contribution in [3.05, 3.63) is 10.6 Å². The predicted octanol–water partition coefficient (Wildman–Crippen LogP) is 1.80. The molecule has 0 amide bonds. The molecule has 0 aromatic carbocycles. The number of ether oxygens (including phenoxy) is 1. The van der Waals surface area contributed by atoms with E-state index in [1.54, 1.807) is 0 Å². The molecule has 20 heavy (non-hydrogen) atoms. The SMILES string of the molecule is CC(=O)c1sc(N2CCOC3CCCC32)nc1C(=O)O. The van der Waals surface area contributed by atoms with Crippen LogP contribution in [0, 0.1) is 0 Å². The Balaban J connectivity index is 1.95. The number of ketones is 1. The van der Waals surface area contributed by atoms with Crippen LogP contribution < -0.4 is 4.90 Å². The number of aromatic nitrogens is 1. The molecule has 6 nitrogen and oxygen atoms in total. The maximum Gasteiger partial charge on any atom is 0.356 e. The van der Waals surface area contributed by atoms with E-state index in [0.29, 0.717) is 18.3 Å². The minimum atomic E-state index is -1.14. The number of aromatic carboxylic acids is 1. The van der Waals surface area contributed by atoms with Gasteiger partial charge in [-0.05, 0) is 19.3 Å². The molecule has 2 fully saturated rings. The van der Waals surface area contributed by atoms with E-state index in [2.05, 4.69) is 9.88 Å². The standard InChI is InChI=1S/C13H16N2O4S/c1-7(16)11-10(12(17)18)14-13(20-11)15-5-6-19-9-4-2-3-8(9)15/h8-9H,2-6H2,1H3,(H,17,18). The first kappa shape index (κ1) is 13.5. The van der Waals surface area contributed by atoms with Crippen LogP contribution >= 0.6 is 11.3 Å². The van der Waals surface area contributed by atoms with Crippen LogP contribution in [0.4, 0.5) is 5.13 Å². The number of Topliss-reactive ketones (excluding diaryl/α,β-unsaturated/α-hetero) is 1. The minimum absolute atomic E-state index is 0.126. The normalized spacial score (nSPS) is 25.6. The highest BCUT2D eigenvalue weighted by atomic mass is 32.1. The van der Waals surface area contributed by atoms with E-state index in [0.717, 1.165) is 19.3 Å². The van der Waals surface area contributed by atoms with Crippen molar-refractivity contribution in [2.24, 2.45) is 0 Å². The third-order valence-corrected chi connectivity index (χ3v) is 5.06. The number of carbonyl (C=O) groups is 2. The lowest BCUT2D eigenvalue weighted by Gasteiger charge is -2.37. The van der Waals surface area contributed by atoms with Crippen LogP contribution in [0.5, 0.6) is 0 Å². The molecule has 1 saturated carbocycles. The van der Waals surface area contributed by atoms with Gasteiger partial charge in [0.05, 0.1) is 18.8 Å². The zero-order valence-corrected chi connectivity index (χ0v) is 12.0. The van der Waals surface area contributed by atoms with Gasteiger partial charge >= 0.3 is 5.97 Å². The molecule has 1 aromatic rings. The van der Waals surface area contributed by atoms with E-state index in [1.165, 1.54) is 18.3 Å². The largest absolute Gasteiger partial charge is 0.476 e. The summed E-state index contributed by atoms with van der Waals surface area (Å²) in [4.78, 5) is 29.3. The summed E-state index contributed by atoms with van der Waals surface area (Å²) in [6.07, 6.45) is 3.39. The van der Waals surface area contributed by atoms with Crippen LogP contribution in [0.25, 0.3) is 0 Å². The number of carbonyl (C=O) groups excluding carboxylic acids is 1. The van der Waals surface area contributed by atoms with Crippen molar-refractivity contribution < 1.29 is 19.4 Å². The molecular formula is C13H16N2O4S. The molecule has 0 radical (unpaired) electrons. The first-order chi connectivity index (χ1) is 9.58. The fraction of sp³-hybridized carbons (Fsp3) is 0.615. The Hall–Kier alpha value is -1.47. The number of nitrogens with zero attached hydrogens (tertiary/aromatic N) is 2. The Morgan fingerprint density at radius 3 is 2.90 bits per heavy atom. The van der Waals surface area contributed by atoms with Gasteiger partial charge in [-0.2, -0.15) is 0 Å². The van der Waals surface area contributed by atoms with Crippen LogP contribution in [-0.4, -0.2) is 47.1 Å². The topological polar surface area (TPSA) is 79.7 Å². The van der Waals surface area contributed by atoms with E-state index in [9.17, 15) is 9.59 Å². The average Bonchev–Trinajstić information content (AvgIpc) is 3.04. The molecule has 2 atom stereocenters. The van der Waals surface area contributed by atoms with Gasteiger partial charge in [0, 0.05) is 13.5 Å². The van der Waals surface area contributed by atoms with Crippen LogP contribution in [0.15, 0.2) is 0 Å². The van der Waals surface area contributed by atoms with E-state index in [-0.39, 0.29) is 28.5 Å². The maximum atomic E-state index is 11.6. The smallest absolute Gasteiger partial charge is 0.356 e. The van der Waals surface area contributed by atoms with Crippen molar-refractivity contribution in [3.8, 4) is 0 Å². The van der Waals surface area contributed by atoms with Crippen molar-refractivity contribution in [2.75, 3.05) is 18.1 Å². The van der Waals surface area contributed by atoms with Crippen LogP contribution in [0.1, 0.15) is 46.3 Å². The highest BCUT2D eigenvalue weighted by Crippen LogP contribution is 2.36. The highest BCUT2D eigenvalue weighted by Gasteiger charge is 2.38. The second kappa shape index (κ2) is 5.14. The van der Waals surface area contributed by atoms with Crippen molar-refractivity contribution in [2.45, 2.75) is 38.3 Å². The zero-order chi connectivity index (χ0) is 14.3. The van der Waals surface area contributed by atoms with E-state index in [4.69, 9.17) is 9.84 Å². The van der Waals surface area contributed by atoms with Crippen molar-refractivity contribution >= 4 is 28.2 Å². The number of carboxylic acid groups (broad SMARTS) is 1. The molecule has 2 heterocycles. The lowest BCUT2D eigenvalue weighted by atomic mass is 10.1. The average molecular weight is 296 g/mol. The van der Waals surface area contributed by atoms with Gasteiger partial charge in [-0.15, -0.1) is 0 Å². The summed E-state index contributed by atoms with van der Waals surface area (Å²) >= 11 is 1.18. The summed E-state index contributed by atoms with van der Waals surface area (Å²) in [5.74, 6) is -1.39. The molecule has 1 N–H and O–H groups in total. The number of hydrogen-bond acceptors (Lipinski definition) is 6. The molecule has 0 spiro atoms. The Morgan fingerprint density at radius 2 is 2.25 bits per heavy atom. The second-order valence-corrected chi connectivity index (χ2v) is 6.11. The highest BCUT2D eigenvalue weighted by molar-refractivity contribution is 7.17. The molecule has 1 aliphatic heterocycles. The van der Waals surface area contributed by atoms with Gasteiger partial charge in [0.2, 0.25) is 0 Å². The predicted molar refractivity (Wildman–Crippen MR) is 73.8 cm³/mol. The van der Waals surface area contributed by atoms with Gasteiger partial charge in [-0.25, -0.2) is 9.78 Å². The molecule has 2 aliphatic rings. The summed E-state index contributed by atoms with van der Waals surface area (Å²) < 4.78 is 5.74. The third-order valence-electron chi connectivity index (χ3n) is 3.87. The lowest BCUT2D eigenvalue weighted by molar-refractivity contribution is 0.0256. The van der Waals surface area contributed by atoms with E-state index >= 15 is 0 Å². The lowest BCUT2D eigenvalue weighted by Crippen LogP contribution is -2.48. The van der Waals surface area contributed by atoms with E-state index < -0.39 is 5.97 Å². The molecule has 1 aromatic heterocycles. The summed E-state index contributed by atoms with van der Waals surface area (Å²) in [7, 11) is 0. The quantitative estimate of drug-likeness (QED) is 0.857. The number of morpholine rings is 1. The van der Waals surface area contributed by atoms with Gasteiger partial charge in [0.15, 0.2) is 16.6 Å². The van der Waals surface area contributed by atoms with Crippen molar-refractivity contribution in [1.29, 1.82) is 0 Å². The summed E-state index contributed by atoms with van der Waals surface area (Å²) in [6, 6.07) is 0.261. The second-order valence-electron chi connectivity index (χ2n) is 5.14. The Bertz CT molecular complexity index is 525. The van der Waals surface area contributed by atoms with Gasteiger partial charge in [0.25, 0.3) is 0 Å². The number of rotatable bonds is 3. The maximum absolute atomic E-state index is 11.6. The van der Waals surface area contributed by atoms with Crippen LogP contribution in [0.2, 0.25) is 0 Å². The molecule has 3 rings (SSSR count). The fourth-order valence-electron chi connectivity index (χ4n) is 2.98. The van der Waals surface area contributed by atoms with Gasteiger partial charge < -0.3 is 14.7 Å². The number of fused-ring (bicyclic) bond motifs is 1. The first-order valence-electron chi connectivity index (χ1n) is 6.71. The molecule has 1 aliphatic carbocycles. The number of thiazole rings is 1. The molecular weight excluding hydrogens is 280 g/mol. The van der Waals surface area contributed by atoms with E-state index in [1.807, 2.05) is 0 Å². The molecule has 1 saturated heterocycles. The van der Waals surface area contributed by atoms with Gasteiger partial charge in [-0.1, -0.05) is 11.3 Å². The molecule has 108 valence electrons. The molecule has 2 unspecified atom stereocenters. The van der Waals surface area contributed by atoms with Crippen LogP contribution in [0.3, 0.4) is 0 Å².